The minimum absolute atomic E-state index is 0.0546. The first-order valence-electron chi connectivity index (χ1n) is 10.6. The van der Waals surface area contributed by atoms with Crippen molar-refractivity contribution in [2.75, 3.05) is 38.2 Å². The molecule has 1 aliphatic heterocycles. The van der Waals surface area contributed by atoms with Crippen LogP contribution in [-0.2, 0) is 11.3 Å². The maximum atomic E-state index is 12.8. The molecule has 168 valence electrons. The molecule has 1 fully saturated rings. The number of anilines is 1. The number of hydrogen-bond acceptors (Lipinski definition) is 8. The normalized spacial score (nSPS) is 13.8. The zero-order valence-electron chi connectivity index (χ0n) is 18.2. The van der Waals surface area contributed by atoms with Crippen LogP contribution in [0.3, 0.4) is 0 Å². The second-order valence-corrected chi connectivity index (χ2v) is 7.66. The quantitative estimate of drug-likeness (QED) is 0.446. The second-order valence-electron chi connectivity index (χ2n) is 7.66. The summed E-state index contributed by atoms with van der Waals surface area (Å²) >= 11 is 0. The molecule has 0 aliphatic carbocycles. The van der Waals surface area contributed by atoms with Crippen LogP contribution < -0.4 is 9.64 Å². The third-order valence-corrected chi connectivity index (χ3v) is 5.60. The van der Waals surface area contributed by atoms with Crippen molar-refractivity contribution >= 4 is 11.6 Å². The first-order valence-corrected chi connectivity index (χ1v) is 10.6. The van der Waals surface area contributed by atoms with E-state index in [-0.39, 0.29) is 12.5 Å². The molecule has 0 radical (unpaired) electrons. The molecule has 1 amide bonds. The van der Waals surface area contributed by atoms with Gasteiger partial charge in [-0.3, -0.25) is 9.78 Å². The number of hydrogen-bond donors (Lipinski definition) is 0. The number of pyridine rings is 1. The summed E-state index contributed by atoms with van der Waals surface area (Å²) in [5, 5.41) is 4.00. The highest BCUT2D eigenvalue weighted by molar-refractivity contribution is 5.76. The van der Waals surface area contributed by atoms with Crippen LogP contribution >= 0.6 is 0 Å². The monoisotopic (exact) mass is 445 g/mol. The van der Waals surface area contributed by atoms with Gasteiger partial charge in [0.15, 0.2) is 0 Å². The summed E-state index contributed by atoms with van der Waals surface area (Å²) in [6, 6.07) is 11.6. The molecule has 0 N–H and O–H groups in total. The van der Waals surface area contributed by atoms with E-state index in [2.05, 4.69) is 25.0 Å². The average Bonchev–Trinajstić information content (AvgIpc) is 3.55. The third kappa shape index (κ3) is 4.54. The number of nitrogens with zero attached hydrogens (tertiary/aromatic N) is 7. The lowest BCUT2D eigenvalue weighted by atomic mass is 10.2. The Labute approximate surface area is 190 Å². The van der Waals surface area contributed by atoms with Crippen LogP contribution in [0.25, 0.3) is 23.0 Å². The fraction of sp³-hybridized carbons (Fsp3) is 0.261. The van der Waals surface area contributed by atoms with Gasteiger partial charge in [0.2, 0.25) is 11.7 Å². The summed E-state index contributed by atoms with van der Waals surface area (Å²) in [7, 11) is 1.66. The lowest BCUT2D eigenvalue weighted by Gasteiger charge is -2.36. The van der Waals surface area contributed by atoms with Gasteiger partial charge in [-0.1, -0.05) is 5.16 Å². The molecule has 3 aromatic heterocycles. The number of carbonyl (C=O) groups is 1. The van der Waals surface area contributed by atoms with E-state index in [1.54, 1.807) is 48.7 Å². The van der Waals surface area contributed by atoms with E-state index in [0.717, 1.165) is 30.1 Å². The van der Waals surface area contributed by atoms with E-state index < -0.39 is 0 Å². The molecule has 1 aliphatic rings. The van der Waals surface area contributed by atoms with Gasteiger partial charge in [-0.15, -0.1) is 0 Å². The summed E-state index contributed by atoms with van der Waals surface area (Å²) in [6.45, 7) is 3.13. The van der Waals surface area contributed by atoms with Crippen molar-refractivity contribution in [3.05, 3.63) is 61.3 Å². The molecule has 0 bridgehead atoms. The van der Waals surface area contributed by atoms with E-state index >= 15 is 0 Å². The summed E-state index contributed by atoms with van der Waals surface area (Å²) in [6.07, 6.45) is 6.70. The van der Waals surface area contributed by atoms with Crippen LogP contribution in [0.5, 0.6) is 5.75 Å². The first kappa shape index (κ1) is 20.7. The van der Waals surface area contributed by atoms with E-state index in [4.69, 9.17) is 9.26 Å². The largest absolute Gasteiger partial charge is 0.497 e. The fourth-order valence-corrected chi connectivity index (χ4v) is 3.76. The number of piperazine rings is 1. The standard InChI is InChI=1S/C23H23N7O3/c1-32-19-4-2-18(3-5-19)29-10-12-30(13-11-29)21(31)15-28-14-20(25-16-28)22-26-23(33-27-22)17-6-8-24-9-7-17/h2-9,14,16H,10-13,15H2,1H3. The molecule has 0 unspecified atom stereocenters. The highest BCUT2D eigenvalue weighted by Gasteiger charge is 2.22. The number of imidazole rings is 1. The van der Waals surface area contributed by atoms with E-state index in [9.17, 15) is 4.79 Å². The average molecular weight is 445 g/mol. The van der Waals surface area contributed by atoms with Gasteiger partial charge >= 0.3 is 0 Å². The Kier molecular flexibility index (Phi) is 5.71. The Hall–Kier alpha value is -4.21. The lowest BCUT2D eigenvalue weighted by Crippen LogP contribution is -2.49. The topological polar surface area (TPSA) is 102 Å². The molecule has 1 saturated heterocycles. The van der Waals surface area contributed by atoms with Gasteiger partial charge < -0.3 is 23.6 Å². The van der Waals surface area contributed by atoms with Crippen molar-refractivity contribution in [3.63, 3.8) is 0 Å². The van der Waals surface area contributed by atoms with Gasteiger partial charge in [0.1, 0.15) is 18.0 Å². The van der Waals surface area contributed by atoms with Gasteiger partial charge in [0, 0.05) is 56.0 Å². The van der Waals surface area contributed by atoms with Crippen LogP contribution in [0.4, 0.5) is 5.69 Å². The Morgan fingerprint density at radius 3 is 2.55 bits per heavy atom. The van der Waals surface area contributed by atoms with Crippen LogP contribution in [0.2, 0.25) is 0 Å². The highest BCUT2D eigenvalue weighted by Crippen LogP contribution is 2.22. The van der Waals surface area contributed by atoms with Crippen LogP contribution in [-0.4, -0.2) is 68.8 Å². The third-order valence-electron chi connectivity index (χ3n) is 5.60. The number of amides is 1. The molecule has 10 heteroatoms. The van der Waals surface area contributed by atoms with Crippen molar-refractivity contribution in [3.8, 4) is 28.7 Å². The number of rotatable bonds is 6. The molecule has 33 heavy (non-hydrogen) atoms. The Balaban J connectivity index is 1.17. The van der Waals surface area contributed by atoms with Crippen molar-refractivity contribution in [1.29, 1.82) is 0 Å². The number of benzene rings is 1. The molecule has 10 nitrogen and oxygen atoms in total. The Morgan fingerprint density at radius 1 is 1.06 bits per heavy atom. The minimum Gasteiger partial charge on any atom is -0.497 e. The van der Waals surface area contributed by atoms with Crippen molar-refractivity contribution in [2.45, 2.75) is 6.54 Å². The van der Waals surface area contributed by atoms with Crippen LogP contribution in [0.15, 0.2) is 65.8 Å². The summed E-state index contributed by atoms with van der Waals surface area (Å²) in [5.41, 5.74) is 2.47. The van der Waals surface area contributed by atoms with E-state index in [1.807, 2.05) is 29.2 Å². The molecule has 0 spiro atoms. The summed E-state index contributed by atoms with van der Waals surface area (Å²) < 4.78 is 12.3. The molecule has 4 aromatic rings. The van der Waals surface area contributed by atoms with Crippen molar-refractivity contribution in [1.82, 2.24) is 29.6 Å². The lowest BCUT2D eigenvalue weighted by molar-refractivity contribution is -0.132. The second kappa shape index (κ2) is 9.11. The van der Waals surface area contributed by atoms with Gasteiger partial charge in [0.25, 0.3) is 5.89 Å². The first-order chi connectivity index (χ1) is 16.2. The Bertz CT molecular complexity index is 1210. The molecule has 0 saturated carbocycles. The minimum atomic E-state index is 0.0546. The number of carbonyl (C=O) groups excluding carboxylic acids is 1. The van der Waals surface area contributed by atoms with E-state index in [0.29, 0.717) is 30.5 Å². The van der Waals surface area contributed by atoms with Gasteiger partial charge in [-0.25, -0.2) is 4.98 Å². The van der Waals surface area contributed by atoms with Crippen LogP contribution in [0, 0.1) is 0 Å². The zero-order valence-corrected chi connectivity index (χ0v) is 18.2. The zero-order chi connectivity index (χ0) is 22.6. The summed E-state index contributed by atoms with van der Waals surface area (Å²) in [4.78, 5) is 29.7. The fourth-order valence-electron chi connectivity index (χ4n) is 3.76. The predicted molar refractivity (Wildman–Crippen MR) is 121 cm³/mol. The van der Waals surface area contributed by atoms with Crippen molar-refractivity contribution < 1.29 is 14.1 Å². The van der Waals surface area contributed by atoms with Gasteiger partial charge in [0.05, 0.1) is 13.4 Å². The number of methoxy groups -OCH3 is 1. The van der Waals surface area contributed by atoms with Crippen LogP contribution in [0.1, 0.15) is 0 Å². The SMILES string of the molecule is COc1ccc(N2CCN(C(=O)Cn3cnc(-c4noc(-c5ccncc5)n4)c3)CC2)cc1. The maximum absolute atomic E-state index is 12.8. The maximum Gasteiger partial charge on any atom is 0.258 e. The molecule has 0 atom stereocenters. The molecule has 1 aromatic carbocycles. The van der Waals surface area contributed by atoms with Crippen molar-refractivity contribution in [2.24, 2.45) is 0 Å². The molecule has 4 heterocycles. The number of ether oxygens (including phenoxy) is 1. The van der Waals surface area contributed by atoms with E-state index in [1.165, 1.54) is 0 Å². The summed E-state index contributed by atoms with van der Waals surface area (Å²) in [5.74, 6) is 1.66. The molecule has 5 rings (SSSR count). The molecular formula is C23H23N7O3. The number of aromatic nitrogens is 5. The van der Waals surface area contributed by atoms with Gasteiger partial charge in [-0.05, 0) is 36.4 Å². The molecular weight excluding hydrogens is 422 g/mol. The smallest absolute Gasteiger partial charge is 0.258 e. The highest BCUT2D eigenvalue weighted by atomic mass is 16.5. The van der Waals surface area contributed by atoms with Gasteiger partial charge in [-0.2, -0.15) is 4.98 Å². The Morgan fingerprint density at radius 2 is 1.82 bits per heavy atom. The predicted octanol–water partition coefficient (Wildman–Crippen LogP) is 2.35.